The Kier molecular flexibility index (Phi) is 7.08. The number of benzene rings is 2. The van der Waals surface area contributed by atoms with Crippen molar-refractivity contribution in [3.05, 3.63) is 65.5 Å². The van der Waals surface area contributed by atoms with E-state index in [1.165, 1.54) is 23.8 Å². The van der Waals surface area contributed by atoms with Gasteiger partial charge in [0.2, 0.25) is 0 Å². The highest BCUT2D eigenvalue weighted by atomic mass is 19.1. The summed E-state index contributed by atoms with van der Waals surface area (Å²) in [6, 6.07) is 13.4. The van der Waals surface area contributed by atoms with Crippen LogP contribution in [0.25, 0.3) is 0 Å². The molecule has 1 saturated heterocycles. The van der Waals surface area contributed by atoms with Gasteiger partial charge in [0.25, 0.3) is 11.8 Å². The minimum absolute atomic E-state index is 0.0374. The van der Waals surface area contributed by atoms with Crippen molar-refractivity contribution in [2.75, 3.05) is 13.1 Å². The van der Waals surface area contributed by atoms with Crippen LogP contribution in [0.5, 0.6) is 5.75 Å². The highest BCUT2D eigenvalue weighted by Crippen LogP contribution is 2.20. The lowest BCUT2D eigenvalue weighted by atomic mass is 10.0. The molecule has 2 aromatic carbocycles. The summed E-state index contributed by atoms with van der Waals surface area (Å²) in [5.41, 5.74) is 1.53. The molecule has 5 nitrogen and oxygen atoms in total. The number of carbonyl (C=O) groups excluding carboxylic acids is 2. The van der Waals surface area contributed by atoms with E-state index in [0.29, 0.717) is 43.2 Å². The largest absolute Gasteiger partial charge is 0.481 e. The number of likely N-dealkylation sites (tertiary alicyclic amines) is 1. The number of piperidine rings is 1. The highest BCUT2D eigenvalue weighted by Gasteiger charge is 2.28. The number of rotatable bonds is 6. The minimum atomic E-state index is -0.576. The Morgan fingerprint density at radius 3 is 2.33 bits per heavy atom. The maximum Gasteiger partial charge on any atom is 0.263 e. The predicted molar refractivity (Wildman–Crippen MR) is 114 cm³/mol. The molecule has 1 heterocycles. The average Bonchev–Trinajstić information content (AvgIpc) is 2.74. The fourth-order valence-electron chi connectivity index (χ4n) is 3.59. The van der Waals surface area contributed by atoms with Gasteiger partial charge in [-0.05, 0) is 61.6 Å². The summed E-state index contributed by atoms with van der Waals surface area (Å²) in [4.78, 5) is 26.8. The van der Waals surface area contributed by atoms with E-state index in [-0.39, 0.29) is 17.9 Å². The molecular weight excluding hydrogens is 383 g/mol. The Morgan fingerprint density at radius 1 is 1.07 bits per heavy atom. The maximum atomic E-state index is 13.3. The molecule has 2 amide bonds. The van der Waals surface area contributed by atoms with Crippen LogP contribution in [-0.4, -0.2) is 41.9 Å². The summed E-state index contributed by atoms with van der Waals surface area (Å²) in [7, 11) is 0. The molecule has 1 unspecified atom stereocenters. The van der Waals surface area contributed by atoms with Crippen LogP contribution in [0.3, 0.4) is 0 Å². The van der Waals surface area contributed by atoms with E-state index < -0.39 is 11.9 Å². The van der Waals surface area contributed by atoms with E-state index in [9.17, 15) is 14.0 Å². The lowest BCUT2D eigenvalue weighted by Crippen LogP contribution is -2.49. The van der Waals surface area contributed by atoms with Gasteiger partial charge in [0.1, 0.15) is 11.6 Å². The first-order valence-electron chi connectivity index (χ1n) is 10.5. The molecule has 1 aliphatic rings. The van der Waals surface area contributed by atoms with Gasteiger partial charge in [0, 0.05) is 24.7 Å². The molecule has 3 rings (SSSR count). The van der Waals surface area contributed by atoms with E-state index in [1.807, 2.05) is 24.3 Å². The molecule has 0 aliphatic carbocycles. The fraction of sp³-hybridized carbons (Fsp3) is 0.417. The molecule has 0 aromatic heterocycles. The van der Waals surface area contributed by atoms with Crippen molar-refractivity contribution in [2.45, 2.75) is 51.7 Å². The first-order chi connectivity index (χ1) is 14.3. The number of nitrogens with one attached hydrogen (secondary N) is 1. The Morgan fingerprint density at radius 2 is 1.73 bits per heavy atom. The van der Waals surface area contributed by atoms with Crippen molar-refractivity contribution in [1.82, 2.24) is 10.2 Å². The van der Waals surface area contributed by atoms with Crippen LogP contribution < -0.4 is 10.1 Å². The minimum Gasteiger partial charge on any atom is -0.481 e. The Bertz CT molecular complexity index is 874. The molecule has 0 spiro atoms. The molecule has 2 aromatic rings. The van der Waals surface area contributed by atoms with Crippen LogP contribution in [0, 0.1) is 5.82 Å². The van der Waals surface area contributed by atoms with E-state index in [4.69, 9.17) is 4.74 Å². The molecule has 6 heteroatoms. The van der Waals surface area contributed by atoms with Crippen molar-refractivity contribution < 1.29 is 18.7 Å². The van der Waals surface area contributed by atoms with Crippen LogP contribution in [0.4, 0.5) is 4.39 Å². The quantitative estimate of drug-likeness (QED) is 0.776. The Labute approximate surface area is 177 Å². The molecular formula is C24H29FN2O3. The second kappa shape index (κ2) is 9.74. The van der Waals surface area contributed by atoms with Gasteiger partial charge in [-0.15, -0.1) is 0 Å². The topological polar surface area (TPSA) is 58.6 Å². The fourth-order valence-corrected chi connectivity index (χ4v) is 3.59. The number of amides is 2. The number of nitrogens with zero attached hydrogens (tertiary/aromatic N) is 1. The average molecular weight is 413 g/mol. The van der Waals surface area contributed by atoms with Crippen LogP contribution in [0.15, 0.2) is 48.5 Å². The number of hydrogen-bond acceptors (Lipinski definition) is 3. The zero-order valence-electron chi connectivity index (χ0n) is 17.7. The number of ether oxygens (including phenoxy) is 1. The van der Waals surface area contributed by atoms with Crippen molar-refractivity contribution >= 4 is 11.8 Å². The third kappa shape index (κ3) is 5.59. The highest BCUT2D eigenvalue weighted by molar-refractivity contribution is 5.94. The van der Waals surface area contributed by atoms with Gasteiger partial charge in [-0.25, -0.2) is 4.39 Å². The summed E-state index contributed by atoms with van der Waals surface area (Å²) in [6.45, 7) is 7.12. The lowest BCUT2D eigenvalue weighted by molar-refractivity contribution is -0.139. The van der Waals surface area contributed by atoms with Crippen molar-refractivity contribution in [2.24, 2.45) is 0 Å². The third-order valence-corrected chi connectivity index (χ3v) is 5.44. The second-order valence-corrected chi connectivity index (χ2v) is 8.07. The summed E-state index contributed by atoms with van der Waals surface area (Å²) in [5.74, 6) is 0.341. The normalized spacial score (nSPS) is 15.7. The number of halogens is 1. The van der Waals surface area contributed by atoms with Crippen molar-refractivity contribution in [3.63, 3.8) is 0 Å². The Hall–Kier alpha value is -2.89. The SMILES string of the molecule is CC(Oc1ccc(C(C)C)cc1)C(=O)N1CCC(NC(=O)c2cccc(F)c2)CC1. The standard InChI is InChI=1S/C24H29FN2O3/c1-16(2)18-7-9-22(10-8-18)30-17(3)24(29)27-13-11-21(12-14-27)26-23(28)19-5-4-6-20(25)15-19/h4-10,15-17,21H,11-14H2,1-3H3,(H,26,28). The maximum absolute atomic E-state index is 13.3. The van der Waals surface area contributed by atoms with E-state index in [2.05, 4.69) is 19.2 Å². The van der Waals surface area contributed by atoms with Crippen LogP contribution in [0.2, 0.25) is 0 Å². The summed E-state index contributed by atoms with van der Waals surface area (Å²) in [5, 5.41) is 2.93. The van der Waals surface area contributed by atoms with Crippen molar-refractivity contribution in [1.29, 1.82) is 0 Å². The second-order valence-electron chi connectivity index (χ2n) is 8.07. The zero-order chi connectivity index (χ0) is 21.7. The molecule has 1 N–H and O–H groups in total. The first kappa shape index (κ1) is 21.8. The zero-order valence-corrected chi connectivity index (χ0v) is 17.7. The molecule has 160 valence electrons. The van der Waals surface area contributed by atoms with Gasteiger partial charge in [-0.2, -0.15) is 0 Å². The lowest BCUT2D eigenvalue weighted by Gasteiger charge is -2.33. The molecule has 0 bridgehead atoms. The van der Waals surface area contributed by atoms with Gasteiger partial charge < -0.3 is 15.0 Å². The number of hydrogen-bond donors (Lipinski definition) is 1. The van der Waals surface area contributed by atoms with E-state index in [0.717, 1.165) is 0 Å². The predicted octanol–water partition coefficient (Wildman–Crippen LogP) is 4.14. The Balaban J connectivity index is 1.47. The summed E-state index contributed by atoms with van der Waals surface area (Å²) >= 11 is 0. The monoisotopic (exact) mass is 412 g/mol. The van der Waals surface area contributed by atoms with Gasteiger partial charge in [-0.1, -0.05) is 32.0 Å². The molecule has 1 fully saturated rings. The van der Waals surface area contributed by atoms with Crippen LogP contribution in [0.1, 0.15) is 55.5 Å². The molecule has 0 radical (unpaired) electrons. The van der Waals surface area contributed by atoms with Gasteiger partial charge >= 0.3 is 0 Å². The van der Waals surface area contributed by atoms with E-state index in [1.54, 1.807) is 17.9 Å². The summed E-state index contributed by atoms with van der Waals surface area (Å²) < 4.78 is 19.1. The smallest absolute Gasteiger partial charge is 0.263 e. The van der Waals surface area contributed by atoms with E-state index >= 15 is 0 Å². The van der Waals surface area contributed by atoms with Crippen LogP contribution in [-0.2, 0) is 4.79 Å². The van der Waals surface area contributed by atoms with Gasteiger partial charge in [-0.3, -0.25) is 9.59 Å². The molecule has 1 aliphatic heterocycles. The van der Waals surface area contributed by atoms with Crippen LogP contribution >= 0.6 is 0 Å². The van der Waals surface area contributed by atoms with Gasteiger partial charge in [0.05, 0.1) is 0 Å². The third-order valence-electron chi connectivity index (χ3n) is 5.44. The number of carbonyl (C=O) groups is 2. The first-order valence-corrected chi connectivity index (χ1v) is 10.5. The molecule has 1 atom stereocenters. The van der Waals surface area contributed by atoms with Gasteiger partial charge in [0.15, 0.2) is 6.10 Å². The van der Waals surface area contributed by atoms with Crippen molar-refractivity contribution in [3.8, 4) is 5.75 Å². The molecule has 30 heavy (non-hydrogen) atoms. The molecule has 0 saturated carbocycles. The summed E-state index contributed by atoms with van der Waals surface area (Å²) in [6.07, 6.45) is 0.735.